The Morgan fingerprint density at radius 3 is 2.54 bits per heavy atom. The second-order valence-electron chi connectivity index (χ2n) is 7.50. The predicted octanol–water partition coefficient (Wildman–Crippen LogP) is 3.43. The van der Waals surface area contributed by atoms with E-state index in [4.69, 9.17) is 4.42 Å². The Labute approximate surface area is 165 Å². The van der Waals surface area contributed by atoms with Gasteiger partial charge in [0.2, 0.25) is 5.91 Å². The molecule has 1 amide bonds. The molecule has 0 spiro atoms. The highest BCUT2D eigenvalue weighted by Crippen LogP contribution is 2.20. The first-order chi connectivity index (χ1) is 13.7. The van der Waals surface area contributed by atoms with Gasteiger partial charge in [-0.2, -0.15) is 0 Å². The SMILES string of the molecule is C[C@H](NC(=O)CN1CCN(Cc2cccc3ccccc23)CC1)c1ccco1. The number of nitrogens with zero attached hydrogens (tertiary/aromatic N) is 2. The molecule has 5 heteroatoms. The first-order valence-electron chi connectivity index (χ1n) is 9.93. The third-order valence-corrected chi connectivity index (χ3v) is 5.45. The summed E-state index contributed by atoms with van der Waals surface area (Å²) in [6, 6.07) is 18.7. The molecule has 0 radical (unpaired) electrons. The minimum Gasteiger partial charge on any atom is -0.467 e. The normalized spacial score (nSPS) is 16.9. The topological polar surface area (TPSA) is 48.7 Å². The maximum Gasteiger partial charge on any atom is 0.234 e. The Kier molecular flexibility index (Phi) is 5.74. The number of amides is 1. The smallest absolute Gasteiger partial charge is 0.234 e. The molecule has 1 aromatic heterocycles. The van der Waals surface area contributed by atoms with E-state index in [1.165, 1.54) is 16.3 Å². The minimum absolute atomic E-state index is 0.0476. The zero-order valence-corrected chi connectivity index (χ0v) is 16.3. The van der Waals surface area contributed by atoms with Crippen molar-refractivity contribution < 1.29 is 9.21 Å². The zero-order chi connectivity index (χ0) is 19.3. The van der Waals surface area contributed by atoms with Gasteiger partial charge in [0.15, 0.2) is 0 Å². The maximum absolute atomic E-state index is 12.3. The summed E-state index contributed by atoms with van der Waals surface area (Å²) in [4.78, 5) is 17.0. The van der Waals surface area contributed by atoms with Crippen LogP contribution in [0.4, 0.5) is 0 Å². The number of carbonyl (C=O) groups excluding carboxylic acids is 1. The molecule has 0 bridgehead atoms. The van der Waals surface area contributed by atoms with Crippen molar-refractivity contribution in [3.05, 3.63) is 72.2 Å². The second-order valence-corrected chi connectivity index (χ2v) is 7.50. The lowest BCUT2D eigenvalue weighted by Gasteiger charge is -2.34. The number of furan rings is 1. The Morgan fingerprint density at radius 1 is 1.00 bits per heavy atom. The van der Waals surface area contributed by atoms with Gasteiger partial charge in [0, 0.05) is 32.7 Å². The summed E-state index contributed by atoms with van der Waals surface area (Å²) in [6.45, 7) is 7.11. The van der Waals surface area contributed by atoms with E-state index in [0.29, 0.717) is 6.54 Å². The molecule has 5 nitrogen and oxygen atoms in total. The first-order valence-corrected chi connectivity index (χ1v) is 9.93. The number of fused-ring (bicyclic) bond motifs is 1. The van der Waals surface area contributed by atoms with E-state index < -0.39 is 0 Å². The quantitative estimate of drug-likeness (QED) is 0.715. The molecule has 3 aromatic rings. The molecule has 2 heterocycles. The molecule has 0 saturated carbocycles. The van der Waals surface area contributed by atoms with Gasteiger partial charge < -0.3 is 9.73 Å². The summed E-state index contributed by atoms with van der Waals surface area (Å²) in [6.07, 6.45) is 1.63. The predicted molar refractivity (Wildman–Crippen MR) is 111 cm³/mol. The number of carbonyl (C=O) groups is 1. The zero-order valence-electron chi connectivity index (χ0n) is 16.3. The lowest BCUT2D eigenvalue weighted by molar-refractivity contribution is -0.123. The van der Waals surface area contributed by atoms with Crippen molar-refractivity contribution in [2.45, 2.75) is 19.5 Å². The standard InChI is InChI=1S/C23H27N3O2/c1-18(22-10-5-15-28-22)24-23(27)17-26-13-11-25(12-14-26)16-20-8-4-7-19-6-2-3-9-21(19)20/h2-10,15,18H,11-14,16-17H2,1H3,(H,24,27)/t18-/m0/s1. The van der Waals surface area contributed by atoms with Crippen LogP contribution < -0.4 is 5.32 Å². The van der Waals surface area contributed by atoms with Crippen LogP contribution in [0.1, 0.15) is 24.3 Å². The molecule has 28 heavy (non-hydrogen) atoms. The highest BCUT2D eigenvalue weighted by Gasteiger charge is 2.20. The van der Waals surface area contributed by atoms with E-state index in [1.807, 2.05) is 19.1 Å². The average Bonchev–Trinajstić information content (AvgIpc) is 3.25. The van der Waals surface area contributed by atoms with Crippen LogP contribution in [0.25, 0.3) is 10.8 Å². The van der Waals surface area contributed by atoms with Crippen molar-refractivity contribution in [3.8, 4) is 0 Å². The van der Waals surface area contributed by atoms with Gasteiger partial charge in [-0.3, -0.25) is 14.6 Å². The Hall–Kier alpha value is -2.63. The minimum atomic E-state index is -0.102. The molecule has 1 aliphatic heterocycles. The summed E-state index contributed by atoms with van der Waals surface area (Å²) < 4.78 is 5.35. The van der Waals surface area contributed by atoms with E-state index in [0.717, 1.165) is 38.5 Å². The fourth-order valence-electron chi connectivity index (χ4n) is 3.88. The Morgan fingerprint density at radius 2 is 1.75 bits per heavy atom. The van der Waals surface area contributed by atoms with Crippen molar-refractivity contribution in [2.75, 3.05) is 32.7 Å². The number of hydrogen-bond donors (Lipinski definition) is 1. The summed E-state index contributed by atoms with van der Waals surface area (Å²) in [5.41, 5.74) is 1.37. The molecular weight excluding hydrogens is 350 g/mol. The van der Waals surface area contributed by atoms with Crippen LogP contribution in [-0.2, 0) is 11.3 Å². The molecule has 0 aliphatic carbocycles. The van der Waals surface area contributed by atoms with Crippen molar-refractivity contribution in [3.63, 3.8) is 0 Å². The second kappa shape index (κ2) is 8.59. The van der Waals surface area contributed by atoms with E-state index in [2.05, 4.69) is 57.6 Å². The molecule has 1 atom stereocenters. The Balaban J connectivity index is 1.27. The maximum atomic E-state index is 12.3. The number of piperazine rings is 1. The van der Waals surface area contributed by atoms with Gasteiger partial charge in [-0.15, -0.1) is 0 Å². The van der Waals surface area contributed by atoms with Gasteiger partial charge in [-0.1, -0.05) is 42.5 Å². The third-order valence-electron chi connectivity index (χ3n) is 5.45. The molecular formula is C23H27N3O2. The van der Waals surface area contributed by atoms with Crippen molar-refractivity contribution in [2.24, 2.45) is 0 Å². The van der Waals surface area contributed by atoms with Crippen molar-refractivity contribution in [1.82, 2.24) is 15.1 Å². The molecule has 2 aromatic carbocycles. The van der Waals surface area contributed by atoms with E-state index in [-0.39, 0.29) is 11.9 Å². The van der Waals surface area contributed by atoms with E-state index in [9.17, 15) is 4.79 Å². The molecule has 0 unspecified atom stereocenters. The summed E-state index contributed by atoms with van der Waals surface area (Å²) in [5, 5.41) is 5.64. The summed E-state index contributed by atoms with van der Waals surface area (Å²) >= 11 is 0. The number of nitrogens with one attached hydrogen (secondary N) is 1. The third kappa shape index (κ3) is 4.43. The van der Waals surface area contributed by atoms with Crippen molar-refractivity contribution in [1.29, 1.82) is 0 Å². The van der Waals surface area contributed by atoms with Gasteiger partial charge in [-0.05, 0) is 35.4 Å². The largest absolute Gasteiger partial charge is 0.467 e. The number of rotatable bonds is 6. The Bertz CT molecular complexity index is 909. The lowest BCUT2D eigenvalue weighted by atomic mass is 10.0. The first kappa shape index (κ1) is 18.7. The van der Waals surface area contributed by atoms with Crippen LogP contribution in [0, 0.1) is 0 Å². The molecule has 4 rings (SSSR count). The van der Waals surface area contributed by atoms with Crippen molar-refractivity contribution >= 4 is 16.7 Å². The monoisotopic (exact) mass is 377 g/mol. The fourth-order valence-corrected chi connectivity index (χ4v) is 3.88. The number of benzene rings is 2. The highest BCUT2D eigenvalue weighted by molar-refractivity contribution is 5.85. The summed E-state index contributed by atoms with van der Waals surface area (Å²) in [5.74, 6) is 0.833. The summed E-state index contributed by atoms with van der Waals surface area (Å²) in [7, 11) is 0. The van der Waals surface area contributed by atoms with E-state index >= 15 is 0 Å². The van der Waals surface area contributed by atoms with Crippen LogP contribution in [0.2, 0.25) is 0 Å². The highest BCUT2D eigenvalue weighted by atomic mass is 16.3. The van der Waals surface area contributed by atoms with Gasteiger partial charge >= 0.3 is 0 Å². The molecule has 1 saturated heterocycles. The molecule has 146 valence electrons. The average molecular weight is 377 g/mol. The van der Waals surface area contributed by atoms with Gasteiger partial charge in [0.1, 0.15) is 5.76 Å². The number of hydrogen-bond acceptors (Lipinski definition) is 4. The van der Waals surface area contributed by atoms with Crippen LogP contribution in [-0.4, -0.2) is 48.4 Å². The van der Waals surface area contributed by atoms with E-state index in [1.54, 1.807) is 6.26 Å². The van der Waals surface area contributed by atoms with Crippen LogP contribution >= 0.6 is 0 Å². The van der Waals surface area contributed by atoms with Crippen LogP contribution in [0.15, 0.2) is 65.3 Å². The van der Waals surface area contributed by atoms with Gasteiger partial charge in [0.25, 0.3) is 0 Å². The lowest BCUT2D eigenvalue weighted by Crippen LogP contribution is -2.49. The van der Waals surface area contributed by atoms with Crippen LogP contribution in [0.3, 0.4) is 0 Å². The fraction of sp³-hybridized carbons (Fsp3) is 0.348. The van der Waals surface area contributed by atoms with Crippen LogP contribution in [0.5, 0.6) is 0 Å². The van der Waals surface area contributed by atoms with Gasteiger partial charge in [-0.25, -0.2) is 0 Å². The van der Waals surface area contributed by atoms with Gasteiger partial charge in [0.05, 0.1) is 18.8 Å². The molecule has 1 N–H and O–H groups in total. The molecule has 1 fully saturated rings. The molecule has 1 aliphatic rings.